The zero-order valence-corrected chi connectivity index (χ0v) is 9.82. The maximum Gasteiger partial charge on any atom is 0.142 e. The summed E-state index contributed by atoms with van der Waals surface area (Å²) < 4.78 is 42.4. The van der Waals surface area contributed by atoms with Crippen molar-refractivity contribution in [3.05, 3.63) is 34.9 Å². The molecule has 94 valence electrons. The average molecular weight is 243 g/mol. The maximum absolute atomic E-state index is 14.7. The first-order valence-electron chi connectivity index (χ1n) is 5.89. The van der Waals surface area contributed by atoms with Gasteiger partial charge in [0.15, 0.2) is 0 Å². The number of hydrogen-bond acceptors (Lipinski definition) is 1. The lowest BCUT2D eigenvalue weighted by atomic mass is 9.87. The number of aryl methyl sites for hydroxylation is 1. The van der Waals surface area contributed by atoms with Crippen LogP contribution in [-0.4, -0.2) is 13.1 Å². The van der Waals surface area contributed by atoms with Crippen molar-refractivity contribution >= 4 is 0 Å². The highest BCUT2D eigenvalue weighted by Gasteiger charge is 2.38. The van der Waals surface area contributed by atoms with Gasteiger partial charge in [-0.3, -0.25) is 0 Å². The molecule has 0 spiro atoms. The van der Waals surface area contributed by atoms with Crippen molar-refractivity contribution in [3.8, 4) is 0 Å². The number of nitrogens with one attached hydrogen (secondary N) is 1. The Bertz CT molecular complexity index is 409. The lowest BCUT2D eigenvalue weighted by molar-refractivity contribution is 0.133. The first-order valence-corrected chi connectivity index (χ1v) is 5.89. The van der Waals surface area contributed by atoms with Crippen LogP contribution >= 0.6 is 0 Å². The number of halogens is 3. The Morgan fingerprint density at radius 2 is 1.94 bits per heavy atom. The van der Waals surface area contributed by atoms with Crippen molar-refractivity contribution in [1.82, 2.24) is 5.32 Å². The van der Waals surface area contributed by atoms with Crippen LogP contribution in [0.3, 0.4) is 0 Å². The third-order valence-corrected chi connectivity index (χ3v) is 3.36. The molecule has 1 aromatic rings. The number of hydrogen-bond donors (Lipinski definition) is 1. The molecule has 1 nitrogen and oxygen atoms in total. The van der Waals surface area contributed by atoms with E-state index in [-0.39, 0.29) is 24.0 Å². The van der Waals surface area contributed by atoms with Gasteiger partial charge in [-0.25, -0.2) is 13.2 Å². The highest BCUT2D eigenvalue weighted by Crippen LogP contribution is 2.39. The molecule has 0 aliphatic carbocycles. The molecule has 1 saturated heterocycles. The zero-order chi connectivity index (χ0) is 12.5. The van der Waals surface area contributed by atoms with Crippen LogP contribution in [0, 0.1) is 18.6 Å². The van der Waals surface area contributed by atoms with Crippen molar-refractivity contribution < 1.29 is 13.2 Å². The van der Waals surface area contributed by atoms with Crippen LogP contribution in [0.4, 0.5) is 13.2 Å². The zero-order valence-electron chi connectivity index (χ0n) is 9.82. The van der Waals surface area contributed by atoms with Gasteiger partial charge in [-0.05, 0) is 50.9 Å². The van der Waals surface area contributed by atoms with Gasteiger partial charge in [-0.2, -0.15) is 0 Å². The molecule has 1 aromatic carbocycles. The molecule has 2 rings (SSSR count). The Morgan fingerprint density at radius 3 is 2.71 bits per heavy atom. The smallest absolute Gasteiger partial charge is 0.142 e. The second-order valence-electron chi connectivity index (χ2n) is 4.62. The monoisotopic (exact) mass is 243 g/mol. The Balaban J connectivity index is 2.47. The second-order valence-corrected chi connectivity index (χ2v) is 4.62. The van der Waals surface area contributed by atoms with Gasteiger partial charge in [0, 0.05) is 0 Å². The molecule has 1 heterocycles. The molecule has 1 N–H and O–H groups in total. The lowest BCUT2D eigenvalue weighted by Crippen LogP contribution is -2.25. The van der Waals surface area contributed by atoms with Crippen molar-refractivity contribution in [3.63, 3.8) is 0 Å². The van der Waals surface area contributed by atoms with Gasteiger partial charge in [-0.15, -0.1) is 0 Å². The summed E-state index contributed by atoms with van der Waals surface area (Å²) in [7, 11) is 0. The van der Waals surface area contributed by atoms with Crippen LogP contribution in [0.1, 0.15) is 30.4 Å². The van der Waals surface area contributed by atoms with Gasteiger partial charge in [0.25, 0.3) is 0 Å². The van der Waals surface area contributed by atoms with Crippen LogP contribution in [-0.2, 0) is 5.67 Å². The molecule has 1 aliphatic heterocycles. The van der Waals surface area contributed by atoms with Crippen LogP contribution < -0.4 is 5.32 Å². The fraction of sp³-hybridized carbons (Fsp3) is 0.538. The van der Waals surface area contributed by atoms with Crippen LogP contribution in [0.25, 0.3) is 0 Å². The molecule has 0 bridgehead atoms. The number of benzene rings is 1. The third-order valence-electron chi connectivity index (χ3n) is 3.36. The van der Waals surface area contributed by atoms with E-state index >= 15 is 0 Å². The average Bonchev–Trinajstić information content (AvgIpc) is 2.50. The lowest BCUT2D eigenvalue weighted by Gasteiger charge is -2.25. The predicted octanol–water partition coefficient (Wildman–Crippen LogP) is 3.21. The topological polar surface area (TPSA) is 12.0 Å². The summed E-state index contributed by atoms with van der Waals surface area (Å²) in [5.74, 6) is -1.52. The van der Waals surface area contributed by atoms with Gasteiger partial charge in [0.2, 0.25) is 0 Å². The fourth-order valence-electron chi connectivity index (χ4n) is 2.35. The molecule has 1 atom stereocenters. The highest BCUT2D eigenvalue weighted by atomic mass is 19.2. The molecule has 0 radical (unpaired) electrons. The number of alkyl halides is 1. The molecule has 0 saturated carbocycles. The largest absolute Gasteiger partial charge is 0.317 e. The summed E-state index contributed by atoms with van der Waals surface area (Å²) in [6.07, 6.45) is 0.866. The minimum atomic E-state index is -1.89. The summed E-state index contributed by atoms with van der Waals surface area (Å²) in [6.45, 7) is 2.67. The van der Waals surface area contributed by atoms with E-state index < -0.39 is 17.3 Å². The van der Waals surface area contributed by atoms with E-state index in [0.717, 1.165) is 6.07 Å². The van der Waals surface area contributed by atoms with E-state index in [2.05, 4.69) is 5.32 Å². The molecule has 1 unspecified atom stereocenters. The van der Waals surface area contributed by atoms with E-state index in [1.807, 2.05) is 0 Å². The van der Waals surface area contributed by atoms with Gasteiger partial charge >= 0.3 is 0 Å². The maximum atomic E-state index is 14.7. The standard InChI is InChI=1S/C13H16F3N/c1-9-3-4-10(14)11(12(9)15)13(16)5-2-7-17-8-6-13/h3-4,17H,2,5-8H2,1H3. The van der Waals surface area contributed by atoms with Crippen molar-refractivity contribution in [1.29, 1.82) is 0 Å². The molecule has 0 amide bonds. The molecular weight excluding hydrogens is 227 g/mol. The summed E-state index contributed by atoms with van der Waals surface area (Å²) in [6, 6.07) is 2.49. The van der Waals surface area contributed by atoms with Gasteiger partial charge in [0.1, 0.15) is 17.3 Å². The van der Waals surface area contributed by atoms with Crippen LogP contribution in [0.2, 0.25) is 0 Å². The van der Waals surface area contributed by atoms with Crippen molar-refractivity contribution in [2.24, 2.45) is 0 Å². The van der Waals surface area contributed by atoms with E-state index in [0.29, 0.717) is 19.5 Å². The quantitative estimate of drug-likeness (QED) is 0.798. The highest BCUT2D eigenvalue weighted by molar-refractivity contribution is 5.31. The summed E-state index contributed by atoms with van der Waals surface area (Å²) in [5, 5.41) is 3.04. The van der Waals surface area contributed by atoms with Crippen molar-refractivity contribution in [2.75, 3.05) is 13.1 Å². The second kappa shape index (κ2) is 4.69. The first kappa shape index (κ1) is 12.4. The van der Waals surface area contributed by atoms with E-state index in [9.17, 15) is 13.2 Å². The number of rotatable bonds is 1. The summed E-state index contributed by atoms with van der Waals surface area (Å²) in [5.41, 5.74) is -1.99. The van der Waals surface area contributed by atoms with Gasteiger partial charge < -0.3 is 5.32 Å². The molecule has 1 fully saturated rings. The van der Waals surface area contributed by atoms with Gasteiger partial charge in [-0.1, -0.05) is 6.07 Å². The summed E-state index contributed by atoms with van der Waals surface area (Å²) in [4.78, 5) is 0. The molecule has 0 aromatic heterocycles. The summed E-state index contributed by atoms with van der Waals surface area (Å²) >= 11 is 0. The molecular formula is C13H16F3N. The Morgan fingerprint density at radius 1 is 1.18 bits per heavy atom. The Kier molecular flexibility index (Phi) is 3.43. The Labute approximate surface area is 99.0 Å². The Hall–Kier alpha value is -1.03. The van der Waals surface area contributed by atoms with Crippen molar-refractivity contribution in [2.45, 2.75) is 31.9 Å². The van der Waals surface area contributed by atoms with Crippen LogP contribution in [0.5, 0.6) is 0 Å². The van der Waals surface area contributed by atoms with E-state index in [4.69, 9.17) is 0 Å². The molecule has 4 heteroatoms. The SMILES string of the molecule is Cc1ccc(F)c(C2(F)CCCNCC2)c1F. The fourth-order valence-corrected chi connectivity index (χ4v) is 2.35. The minimum absolute atomic E-state index is 0.115. The van der Waals surface area contributed by atoms with E-state index in [1.165, 1.54) is 13.0 Å². The first-order chi connectivity index (χ1) is 8.04. The third kappa shape index (κ3) is 2.32. The minimum Gasteiger partial charge on any atom is -0.317 e. The van der Waals surface area contributed by atoms with E-state index in [1.54, 1.807) is 0 Å². The molecule has 1 aliphatic rings. The van der Waals surface area contributed by atoms with Gasteiger partial charge in [0.05, 0.1) is 5.56 Å². The van der Waals surface area contributed by atoms with Crippen LogP contribution in [0.15, 0.2) is 12.1 Å². The molecule has 17 heavy (non-hydrogen) atoms. The predicted molar refractivity (Wildman–Crippen MR) is 60.6 cm³/mol. The normalized spacial score (nSPS) is 25.6.